The number of aliphatic hydroxyl groups is 2. The molecule has 2 N–H and O–H groups in total. The van der Waals surface area contributed by atoms with Gasteiger partial charge in [-0.05, 0) is 12.1 Å². The number of benzene rings is 1. The fourth-order valence-electron chi connectivity index (χ4n) is 1.92. The van der Waals surface area contributed by atoms with Gasteiger partial charge in [0.15, 0.2) is 6.10 Å². The fourth-order valence-corrected chi connectivity index (χ4v) is 2.90. The molecule has 0 radical (unpaired) electrons. The number of aliphatic hydroxyl groups excluding tert-OH is 2. The van der Waals surface area contributed by atoms with Gasteiger partial charge in [-0.2, -0.15) is 13.2 Å². The Morgan fingerprint density at radius 1 is 1.35 bits per heavy atom. The molecule has 0 saturated carbocycles. The van der Waals surface area contributed by atoms with Crippen LogP contribution in [0.4, 0.5) is 13.2 Å². The minimum Gasteiger partial charge on any atom is -0.383 e. The first kappa shape index (κ1) is 17.6. The van der Waals surface area contributed by atoms with Crippen molar-refractivity contribution in [1.29, 1.82) is 0 Å². The Morgan fingerprint density at radius 2 is 2.00 bits per heavy atom. The van der Waals surface area contributed by atoms with Crippen LogP contribution in [0.3, 0.4) is 0 Å². The maximum atomic E-state index is 12.2. The van der Waals surface area contributed by atoms with Gasteiger partial charge in [0.25, 0.3) is 5.91 Å². The minimum atomic E-state index is -4.40. The summed E-state index contributed by atoms with van der Waals surface area (Å²) in [6.45, 7) is -0.591. The average molecular weight is 348 g/mol. The number of fused-ring (bicyclic) bond motifs is 1. The maximum absolute atomic E-state index is 12.2. The average Bonchev–Trinajstić information content (AvgIpc) is 2.93. The van der Waals surface area contributed by atoms with Crippen LogP contribution in [0, 0.1) is 0 Å². The Hall–Kier alpha value is -1.71. The number of aromatic nitrogens is 1. The lowest BCUT2D eigenvalue weighted by Crippen LogP contribution is -2.41. The van der Waals surface area contributed by atoms with Crippen molar-refractivity contribution in [2.45, 2.75) is 24.8 Å². The second-order valence-corrected chi connectivity index (χ2v) is 6.10. The topological polar surface area (TPSA) is 73.7 Å². The molecule has 2 unspecified atom stereocenters. The molecule has 126 valence electrons. The predicted octanol–water partition coefficient (Wildman–Crippen LogP) is 2.10. The van der Waals surface area contributed by atoms with Gasteiger partial charge < -0.3 is 15.1 Å². The number of rotatable bonds is 5. The van der Waals surface area contributed by atoms with Gasteiger partial charge in [0.1, 0.15) is 11.1 Å². The van der Waals surface area contributed by atoms with E-state index in [1.165, 1.54) is 0 Å². The number of thiazole rings is 1. The van der Waals surface area contributed by atoms with Crippen LogP contribution in [0.25, 0.3) is 10.2 Å². The molecule has 2 atom stereocenters. The van der Waals surface area contributed by atoms with Gasteiger partial charge in [0.05, 0.1) is 16.6 Å². The standard InChI is InChI=1S/C14H15F3N2O3S/c1-19(7-6-14(15,16)17)13(22)11(21)10(20)12-18-8-4-2-3-5-9(8)23-12/h2-5,10-11,20-21H,6-7H2,1H3. The Bertz CT molecular complexity index is 656. The number of likely N-dealkylation sites (N-methyl/N-ethyl adjacent to an activating group) is 1. The van der Waals surface area contributed by atoms with Gasteiger partial charge >= 0.3 is 6.18 Å². The molecule has 1 heterocycles. The van der Waals surface area contributed by atoms with Gasteiger partial charge in [-0.1, -0.05) is 12.1 Å². The highest BCUT2D eigenvalue weighted by molar-refractivity contribution is 7.18. The molecule has 2 aromatic rings. The number of para-hydroxylation sites is 1. The smallest absolute Gasteiger partial charge is 0.383 e. The number of halogens is 3. The van der Waals surface area contributed by atoms with Crippen molar-refractivity contribution in [2.24, 2.45) is 0 Å². The zero-order valence-electron chi connectivity index (χ0n) is 12.1. The molecule has 0 aliphatic carbocycles. The molecule has 0 spiro atoms. The van der Waals surface area contributed by atoms with E-state index < -0.39 is 37.3 Å². The minimum absolute atomic E-state index is 0.135. The second kappa shape index (κ2) is 6.81. The highest BCUT2D eigenvalue weighted by atomic mass is 32.1. The van der Waals surface area contributed by atoms with Crippen molar-refractivity contribution in [2.75, 3.05) is 13.6 Å². The monoisotopic (exact) mass is 348 g/mol. The molecule has 23 heavy (non-hydrogen) atoms. The van der Waals surface area contributed by atoms with E-state index in [9.17, 15) is 28.2 Å². The lowest BCUT2D eigenvalue weighted by Gasteiger charge is -2.23. The van der Waals surface area contributed by atoms with E-state index in [1.54, 1.807) is 24.3 Å². The summed E-state index contributed by atoms with van der Waals surface area (Å²) in [7, 11) is 1.14. The van der Waals surface area contributed by atoms with Gasteiger partial charge in [-0.25, -0.2) is 4.98 Å². The first-order valence-corrected chi connectivity index (χ1v) is 7.54. The van der Waals surface area contributed by atoms with Gasteiger partial charge in [-0.15, -0.1) is 11.3 Å². The number of alkyl halides is 3. The van der Waals surface area contributed by atoms with Crippen LogP contribution >= 0.6 is 11.3 Å². The molecule has 1 amide bonds. The van der Waals surface area contributed by atoms with Gasteiger partial charge in [0, 0.05) is 13.6 Å². The summed E-state index contributed by atoms with van der Waals surface area (Å²) in [6, 6.07) is 7.02. The van der Waals surface area contributed by atoms with Crippen LogP contribution in [0.5, 0.6) is 0 Å². The number of nitrogens with zero attached hydrogens (tertiary/aromatic N) is 2. The number of amides is 1. The van der Waals surface area contributed by atoms with Crippen LogP contribution in [0.1, 0.15) is 17.5 Å². The molecule has 0 aliphatic heterocycles. The molecule has 0 saturated heterocycles. The molecule has 9 heteroatoms. The fraction of sp³-hybridized carbons (Fsp3) is 0.429. The Kier molecular flexibility index (Phi) is 5.23. The quantitative estimate of drug-likeness (QED) is 0.868. The van der Waals surface area contributed by atoms with Gasteiger partial charge in [0.2, 0.25) is 0 Å². The Balaban J connectivity index is 2.05. The third kappa shape index (κ3) is 4.40. The summed E-state index contributed by atoms with van der Waals surface area (Å²) in [5.41, 5.74) is 0.608. The number of carbonyl (C=O) groups is 1. The van der Waals surface area contributed by atoms with Crippen molar-refractivity contribution in [3.63, 3.8) is 0 Å². The van der Waals surface area contributed by atoms with Crippen molar-refractivity contribution >= 4 is 27.5 Å². The molecule has 0 bridgehead atoms. The van der Waals surface area contributed by atoms with Crippen molar-refractivity contribution in [1.82, 2.24) is 9.88 Å². The SMILES string of the molecule is CN(CCC(F)(F)F)C(=O)C(O)C(O)c1nc2ccccc2s1. The summed E-state index contributed by atoms with van der Waals surface area (Å²) >= 11 is 1.11. The summed E-state index contributed by atoms with van der Waals surface area (Å²) in [4.78, 5) is 16.8. The van der Waals surface area contributed by atoms with Crippen LogP contribution in [-0.4, -0.2) is 51.9 Å². The van der Waals surface area contributed by atoms with E-state index in [0.29, 0.717) is 5.52 Å². The lowest BCUT2D eigenvalue weighted by molar-refractivity contribution is -0.152. The van der Waals surface area contributed by atoms with Crippen LogP contribution in [0.2, 0.25) is 0 Å². The number of carbonyl (C=O) groups excluding carboxylic acids is 1. The molecule has 0 fully saturated rings. The Labute approximate surface area is 134 Å². The molecular formula is C14H15F3N2O3S. The van der Waals surface area contributed by atoms with Crippen LogP contribution in [-0.2, 0) is 4.79 Å². The second-order valence-electron chi connectivity index (χ2n) is 5.03. The van der Waals surface area contributed by atoms with E-state index in [4.69, 9.17) is 0 Å². The van der Waals surface area contributed by atoms with Crippen molar-refractivity contribution in [3.8, 4) is 0 Å². The normalized spacial score (nSPS) is 14.7. The van der Waals surface area contributed by atoms with E-state index in [0.717, 1.165) is 28.0 Å². The summed E-state index contributed by atoms with van der Waals surface area (Å²) in [5.74, 6) is -0.985. The summed E-state index contributed by atoms with van der Waals surface area (Å²) in [6.07, 6.45) is -9.04. The molecular weight excluding hydrogens is 333 g/mol. The maximum Gasteiger partial charge on any atom is 0.390 e. The highest BCUT2D eigenvalue weighted by Gasteiger charge is 2.33. The zero-order chi connectivity index (χ0) is 17.2. The molecule has 5 nitrogen and oxygen atoms in total. The first-order valence-electron chi connectivity index (χ1n) is 6.72. The Morgan fingerprint density at radius 3 is 2.61 bits per heavy atom. The number of hydrogen-bond donors (Lipinski definition) is 2. The lowest BCUT2D eigenvalue weighted by atomic mass is 10.2. The van der Waals surface area contributed by atoms with Crippen molar-refractivity contribution in [3.05, 3.63) is 29.3 Å². The van der Waals surface area contributed by atoms with E-state index in [1.807, 2.05) is 0 Å². The van der Waals surface area contributed by atoms with Crippen molar-refractivity contribution < 1.29 is 28.2 Å². The molecule has 1 aromatic heterocycles. The molecule has 0 aliphatic rings. The molecule has 1 aromatic carbocycles. The van der Waals surface area contributed by atoms with E-state index in [2.05, 4.69) is 4.98 Å². The zero-order valence-corrected chi connectivity index (χ0v) is 12.9. The molecule has 2 rings (SSSR count). The predicted molar refractivity (Wildman–Crippen MR) is 78.9 cm³/mol. The summed E-state index contributed by atoms with van der Waals surface area (Å²) < 4.78 is 37.3. The van der Waals surface area contributed by atoms with E-state index >= 15 is 0 Å². The third-order valence-corrected chi connectivity index (χ3v) is 4.33. The highest BCUT2D eigenvalue weighted by Crippen LogP contribution is 2.28. The largest absolute Gasteiger partial charge is 0.390 e. The third-order valence-electron chi connectivity index (χ3n) is 3.22. The number of hydrogen-bond acceptors (Lipinski definition) is 5. The first-order chi connectivity index (χ1) is 10.7. The van der Waals surface area contributed by atoms with Gasteiger partial charge in [-0.3, -0.25) is 4.79 Å². The van der Waals surface area contributed by atoms with Crippen LogP contribution < -0.4 is 0 Å². The summed E-state index contributed by atoms with van der Waals surface area (Å²) in [5, 5.41) is 20.1. The van der Waals surface area contributed by atoms with Crippen LogP contribution in [0.15, 0.2) is 24.3 Å². The van der Waals surface area contributed by atoms with E-state index in [-0.39, 0.29) is 5.01 Å².